The first kappa shape index (κ1) is 13.2. The standard InChI is InChI=1S/C12H13N5OS/c13-11(19)12-15-8-17(16-12)7-10(18)14-6-9-4-2-1-3-5-9/h1-5,8H,6-7H2,(H2,13,19)(H,14,18). The molecule has 0 fully saturated rings. The summed E-state index contributed by atoms with van der Waals surface area (Å²) in [5.74, 6) is 0.120. The first-order valence-corrected chi connectivity index (χ1v) is 6.06. The summed E-state index contributed by atoms with van der Waals surface area (Å²) in [7, 11) is 0. The first-order chi connectivity index (χ1) is 9.15. The lowest BCUT2D eigenvalue weighted by Crippen LogP contribution is -2.27. The van der Waals surface area contributed by atoms with Gasteiger partial charge >= 0.3 is 0 Å². The molecule has 0 radical (unpaired) electrons. The molecule has 0 unspecified atom stereocenters. The van der Waals surface area contributed by atoms with Gasteiger partial charge in [-0.2, -0.15) is 0 Å². The van der Waals surface area contributed by atoms with Gasteiger partial charge in [0.1, 0.15) is 17.9 Å². The van der Waals surface area contributed by atoms with E-state index < -0.39 is 0 Å². The number of hydrogen-bond donors (Lipinski definition) is 2. The van der Waals surface area contributed by atoms with Crippen molar-refractivity contribution in [1.82, 2.24) is 20.1 Å². The van der Waals surface area contributed by atoms with Crippen LogP contribution in [0, 0.1) is 0 Å². The molecule has 0 aliphatic carbocycles. The Hall–Kier alpha value is -2.28. The number of nitrogens with one attached hydrogen (secondary N) is 1. The van der Waals surface area contributed by atoms with Gasteiger partial charge in [-0.3, -0.25) is 4.79 Å². The molecule has 1 aromatic heterocycles. The molecule has 0 aliphatic heterocycles. The molecular formula is C12H13N5OS. The molecular weight excluding hydrogens is 262 g/mol. The van der Waals surface area contributed by atoms with E-state index in [1.807, 2.05) is 30.3 Å². The van der Waals surface area contributed by atoms with E-state index in [0.717, 1.165) is 5.56 Å². The lowest BCUT2D eigenvalue weighted by atomic mass is 10.2. The van der Waals surface area contributed by atoms with Crippen molar-refractivity contribution in [2.24, 2.45) is 5.73 Å². The number of aromatic nitrogens is 3. The summed E-state index contributed by atoms with van der Waals surface area (Å²) in [4.78, 5) is 15.7. The van der Waals surface area contributed by atoms with Gasteiger partial charge in [-0.25, -0.2) is 9.67 Å². The van der Waals surface area contributed by atoms with Gasteiger partial charge in [0.05, 0.1) is 0 Å². The highest BCUT2D eigenvalue weighted by molar-refractivity contribution is 7.80. The monoisotopic (exact) mass is 275 g/mol. The van der Waals surface area contributed by atoms with Crippen LogP contribution < -0.4 is 11.1 Å². The summed E-state index contributed by atoms with van der Waals surface area (Å²) >= 11 is 4.74. The zero-order chi connectivity index (χ0) is 13.7. The molecule has 19 heavy (non-hydrogen) atoms. The Morgan fingerprint density at radius 1 is 1.37 bits per heavy atom. The molecule has 2 aromatic rings. The minimum absolute atomic E-state index is 0.0858. The van der Waals surface area contributed by atoms with Crippen molar-refractivity contribution in [2.45, 2.75) is 13.1 Å². The Morgan fingerprint density at radius 3 is 2.74 bits per heavy atom. The number of carbonyl (C=O) groups excluding carboxylic acids is 1. The third-order valence-electron chi connectivity index (χ3n) is 2.39. The second kappa shape index (κ2) is 6.05. The highest BCUT2D eigenvalue weighted by Gasteiger charge is 2.07. The average Bonchev–Trinajstić information content (AvgIpc) is 2.86. The molecule has 1 heterocycles. The van der Waals surface area contributed by atoms with Crippen LogP contribution in [0.2, 0.25) is 0 Å². The minimum Gasteiger partial charge on any atom is -0.387 e. The van der Waals surface area contributed by atoms with E-state index in [4.69, 9.17) is 18.0 Å². The molecule has 0 saturated carbocycles. The average molecular weight is 275 g/mol. The van der Waals surface area contributed by atoms with Gasteiger partial charge in [0.25, 0.3) is 0 Å². The number of nitrogens with two attached hydrogens (primary N) is 1. The molecule has 0 aliphatic rings. The van der Waals surface area contributed by atoms with Crippen LogP contribution in [0.1, 0.15) is 11.4 Å². The van der Waals surface area contributed by atoms with Gasteiger partial charge in [-0.05, 0) is 5.56 Å². The smallest absolute Gasteiger partial charge is 0.242 e. The second-order valence-corrected chi connectivity index (χ2v) is 4.33. The number of nitrogens with zero attached hydrogens (tertiary/aromatic N) is 3. The zero-order valence-electron chi connectivity index (χ0n) is 10.1. The fourth-order valence-corrected chi connectivity index (χ4v) is 1.58. The van der Waals surface area contributed by atoms with E-state index in [0.29, 0.717) is 6.54 Å². The summed E-state index contributed by atoms with van der Waals surface area (Å²) in [6, 6.07) is 9.67. The molecule has 0 saturated heterocycles. The molecule has 0 spiro atoms. The second-order valence-electron chi connectivity index (χ2n) is 3.89. The number of benzene rings is 1. The largest absolute Gasteiger partial charge is 0.387 e. The van der Waals surface area contributed by atoms with E-state index in [1.165, 1.54) is 11.0 Å². The SMILES string of the molecule is NC(=S)c1ncn(CC(=O)NCc2ccccc2)n1. The molecule has 98 valence electrons. The fraction of sp³-hybridized carbons (Fsp3) is 0.167. The zero-order valence-corrected chi connectivity index (χ0v) is 10.9. The quantitative estimate of drug-likeness (QED) is 0.763. The van der Waals surface area contributed by atoms with Gasteiger partial charge in [-0.15, -0.1) is 5.10 Å². The van der Waals surface area contributed by atoms with Gasteiger partial charge in [-0.1, -0.05) is 42.5 Å². The van der Waals surface area contributed by atoms with Crippen molar-refractivity contribution in [2.75, 3.05) is 0 Å². The number of amides is 1. The van der Waals surface area contributed by atoms with Crippen molar-refractivity contribution >= 4 is 23.1 Å². The number of carbonyl (C=O) groups is 1. The maximum atomic E-state index is 11.7. The predicted octanol–water partition coefficient (Wildman–Crippen LogP) is 0.229. The Kier molecular flexibility index (Phi) is 4.19. The maximum absolute atomic E-state index is 11.7. The van der Waals surface area contributed by atoms with Crippen LogP contribution in [0.4, 0.5) is 0 Å². The van der Waals surface area contributed by atoms with E-state index in [9.17, 15) is 4.79 Å². The van der Waals surface area contributed by atoms with E-state index >= 15 is 0 Å². The van der Waals surface area contributed by atoms with Crippen LogP contribution >= 0.6 is 12.2 Å². The number of hydrogen-bond acceptors (Lipinski definition) is 4. The molecule has 0 atom stereocenters. The molecule has 1 amide bonds. The summed E-state index contributed by atoms with van der Waals surface area (Å²) < 4.78 is 1.40. The highest BCUT2D eigenvalue weighted by Crippen LogP contribution is 1.97. The van der Waals surface area contributed by atoms with Crippen LogP contribution in [-0.4, -0.2) is 25.7 Å². The Labute approximate surface area is 115 Å². The van der Waals surface area contributed by atoms with Crippen LogP contribution in [-0.2, 0) is 17.9 Å². The van der Waals surface area contributed by atoms with Crippen molar-refractivity contribution in [3.63, 3.8) is 0 Å². The van der Waals surface area contributed by atoms with Crippen molar-refractivity contribution in [1.29, 1.82) is 0 Å². The molecule has 6 nitrogen and oxygen atoms in total. The minimum atomic E-state index is -0.150. The van der Waals surface area contributed by atoms with Crippen molar-refractivity contribution in [3.05, 3.63) is 48.0 Å². The third-order valence-corrected chi connectivity index (χ3v) is 2.58. The maximum Gasteiger partial charge on any atom is 0.242 e. The van der Waals surface area contributed by atoms with Gasteiger partial charge in [0.2, 0.25) is 11.7 Å². The predicted molar refractivity (Wildman–Crippen MR) is 74.2 cm³/mol. The van der Waals surface area contributed by atoms with Crippen LogP contribution in [0.5, 0.6) is 0 Å². The molecule has 2 rings (SSSR count). The van der Waals surface area contributed by atoms with Gasteiger partial charge in [0, 0.05) is 6.54 Å². The summed E-state index contributed by atoms with van der Waals surface area (Å²) in [6.07, 6.45) is 1.43. The van der Waals surface area contributed by atoms with Gasteiger partial charge in [0.15, 0.2) is 0 Å². The molecule has 1 aromatic carbocycles. The number of rotatable bonds is 5. The summed E-state index contributed by atoms with van der Waals surface area (Å²) in [5.41, 5.74) is 6.43. The lowest BCUT2D eigenvalue weighted by molar-refractivity contribution is -0.122. The van der Waals surface area contributed by atoms with E-state index in [-0.39, 0.29) is 23.3 Å². The summed E-state index contributed by atoms with van der Waals surface area (Å²) in [6.45, 7) is 0.568. The van der Waals surface area contributed by atoms with E-state index in [1.54, 1.807) is 0 Å². The normalized spacial score (nSPS) is 10.1. The lowest BCUT2D eigenvalue weighted by Gasteiger charge is -2.04. The fourth-order valence-electron chi connectivity index (χ4n) is 1.48. The highest BCUT2D eigenvalue weighted by atomic mass is 32.1. The molecule has 3 N–H and O–H groups in total. The van der Waals surface area contributed by atoms with E-state index in [2.05, 4.69) is 15.4 Å². The van der Waals surface area contributed by atoms with Crippen molar-refractivity contribution in [3.8, 4) is 0 Å². The topological polar surface area (TPSA) is 85.8 Å². The Morgan fingerprint density at radius 2 is 2.11 bits per heavy atom. The molecule has 7 heteroatoms. The Bertz CT molecular complexity index is 581. The molecule has 0 bridgehead atoms. The first-order valence-electron chi connectivity index (χ1n) is 5.65. The van der Waals surface area contributed by atoms with Crippen LogP contribution in [0.15, 0.2) is 36.7 Å². The van der Waals surface area contributed by atoms with Gasteiger partial charge < -0.3 is 11.1 Å². The summed E-state index contributed by atoms with van der Waals surface area (Å²) in [5, 5.41) is 6.78. The number of thiocarbonyl (C=S) groups is 1. The van der Waals surface area contributed by atoms with Crippen molar-refractivity contribution < 1.29 is 4.79 Å². The third kappa shape index (κ3) is 3.85. The van der Waals surface area contributed by atoms with Crippen LogP contribution in [0.25, 0.3) is 0 Å². The van der Waals surface area contributed by atoms with Crippen LogP contribution in [0.3, 0.4) is 0 Å². The Balaban J connectivity index is 1.85.